The van der Waals surface area contributed by atoms with E-state index in [2.05, 4.69) is 15.8 Å². The summed E-state index contributed by atoms with van der Waals surface area (Å²) in [6, 6.07) is 10.4. The van der Waals surface area contributed by atoms with Crippen molar-refractivity contribution in [3.05, 3.63) is 71.5 Å². The lowest BCUT2D eigenvalue weighted by Gasteiger charge is -2.06. The molecule has 0 unspecified atom stereocenters. The molecule has 0 saturated carbocycles. The number of carbonyl (C=O) groups excluding carboxylic acids is 2. The molecule has 0 spiro atoms. The first-order valence-electron chi connectivity index (χ1n) is 7.89. The Kier molecular flexibility index (Phi) is 4.98. The smallest absolute Gasteiger partial charge is 0.260 e. The van der Waals surface area contributed by atoms with E-state index in [9.17, 15) is 9.59 Å². The minimum absolute atomic E-state index is 0.282. The minimum Gasteiger partial charge on any atom is -0.462 e. The molecule has 26 heavy (non-hydrogen) atoms. The van der Waals surface area contributed by atoms with Crippen molar-refractivity contribution in [3.63, 3.8) is 0 Å². The van der Waals surface area contributed by atoms with E-state index in [1.807, 2.05) is 13.0 Å². The van der Waals surface area contributed by atoms with Crippen LogP contribution in [0.3, 0.4) is 0 Å². The number of benzene rings is 1. The van der Waals surface area contributed by atoms with Gasteiger partial charge in [0.2, 0.25) is 5.91 Å². The molecule has 0 radical (unpaired) electrons. The van der Waals surface area contributed by atoms with Crippen LogP contribution in [-0.4, -0.2) is 17.0 Å². The summed E-state index contributed by atoms with van der Waals surface area (Å²) in [7, 11) is 0. The second kappa shape index (κ2) is 7.52. The topological polar surface area (TPSA) is 97.4 Å². The summed E-state index contributed by atoms with van der Waals surface area (Å²) in [4.78, 5) is 24.0. The lowest BCUT2D eigenvalue weighted by atomic mass is 10.2. The summed E-state index contributed by atoms with van der Waals surface area (Å²) >= 11 is 0. The van der Waals surface area contributed by atoms with Crippen LogP contribution in [0.25, 0.3) is 6.08 Å². The van der Waals surface area contributed by atoms with Crippen molar-refractivity contribution in [3.8, 4) is 0 Å². The van der Waals surface area contributed by atoms with Gasteiger partial charge < -0.3 is 19.6 Å². The van der Waals surface area contributed by atoms with E-state index in [4.69, 9.17) is 8.94 Å². The van der Waals surface area contributed by atoms with Gasteiger partial charge in [-0.3, -0.25) is 9.59 Å². The van der Waals surface area contributed by atoms with Crippen LogP contribution in [0.2, 0.25) is 0 Å². The van der Waals surface area contributed by atoms with Gasteiger partial charge in [0.05, 0.1) is 6.20 Å². The van der Waals surface area contributed by atoms with Crippen molar-refractivity contribution in [2.24, 2.45) is 0 Å². The summed E-state index contributed by atoms with van der Waals surface area (Å²) in [5.41, 5.74) is 1.57. The second-order valence-corrected chi connectivity index (χ2v) is 5.60. The Hall–Kier alpha value is -3.61. The number of anilines is 2. The SMILES string of the molecule is Cc1ccc(/C=C\C(=O)Nc2ccc(NC(=O)c3cnoc3C)cc2)o1. The van der Waals surface area contributed by atoms with E-state index in [0.717, 1.165) is 5.76 Å². The van der Waals surface area contributed by atoms with Crippen LogP contribution in [0.4, 0.5) is 11.4 Å². The van der Waals surface area contributed by atoms with Crippen LogP contribution < -0.4 is 10.6 Å². The van der Waals surface area contributed by atoms with E-state index in [1.165, 1.54) is 12.3 Å². The van der Waals surface area contributed by atoms with Gasteiger partial charge in [-0.2, -0.15) is 0 Å². The molecule has 7 nitrogen and oxygen atoms in total. The van der Waals surface area contributed by atoms with Gasteiger partial charge in [-0.25, -0.2) is 0 Å². The fraction of sp³-hybridized carbons (Fsp3) is 0.105. The molecule has 0 aliphatic carbocycles. The molecule has 132 valence electrons. The Morgan fingerprint density at radius 3 is 2.27 bits per heavy atom. The van der Waals surface area contributed by atoms with Gasteiger partial charge in [0, 0.05) is 17.5 Å². The summed E-state index contributed by atoms with van der Waals surface area (Å²) < 4.78 is 10.2. The molecule has 0 bridgehead atoms. The number of furan rings is 1. The van der Waals surface area contributed by atoms with Crippen molar-refractivity contribution < 1.29 is 18.5 Å². The zero-order valence-electron chi connectivity index (χ0n) is 14.3. The first-order valence-corrected chi connectivity index (χ1v) is 7.89. The van der Waals surface area contributed by atoms with Crippen molar-refractivity contribution in [1.82, 2.24) is 5.16 Å². The molecule has 3 aromatic rings. The molecule has 2 N–H and O–H groups in total. The lowest BCUT2D eigenvalue weighted by molar-refractivity contribution is -0.111. The Labute approximate surface area is 149 Å². The van der Waals surface area contributed by atoms with Crippen LogP contribution >= 0.6 is 0 Å². The van der Waals surface area contributed by atoms with Crippen LogP contribution in [-0.2, 0) is 4.79 Å². The molecule has 1 aromatic carbocycles. The molecule has 3 rings (SSSR count). The Morgan fingerprint density at radius 2 is 1.69 bits per heavy atom. The summed E-state index contributed by atoms with van der Waals surface area (Å²) in [6.07, 6.45) is 4.35. The Balaban J connectivity index is 1.57. The van der Waals surface area contributed by atoms with E-state index < -0.39 is 0 Å². The highest BCUT2D eigenvalue weighted by molar-refractivity contribution is 6.05. The predicted molar refractivity (Wildman–Crippen MR) is 96.7 cm³/mol. The summed E-state index contributed by atoms with van der Waals surface area (Å²) in [6.45, 7) is 3.50. The van der Waals surface area contributed by atoms with Crippen molar-refractivity contribution in [2.45, 2.75) is 13.8 Å². The number of amides is 2. The number of hydrogen-bond donors (Lipinski definition) is 2. The third-order valence-corrected chi connectivity index (χ3v) is 3.57. The zero-order valence-corrected chi connectivity index (χ0v) is 14.3. The zero-order chi connectivity index (χ0) is 18.5. The lowest BCUT2D eigenvalue weighted by Crippen LogP contribution is -2.12. The van der Waals surface area contributed by atoms with E-state index >= 15 is 0 Å². The third kappa shape index (κ3) is 4.27. The maximum atomic E-state index is 12.1. The average Bonchev–Trinajstić information content (AvgIpc) is 3.23. The number of rotatable bonds is 5. The van der Waals surface area contributed by atoms with Crippen molar-refractivity contribution >= 4 is 29.3 Å². The molecule has 0 saturated heterocycles. The van der Waals surface area contributed by atoms with Gasteiger partial charge in [-0.15, -0.1) is 0 Å². The molecule has 2 heterocycles. The van der Waals surface area contributed by atoms with Gasteiger partial charge in [0.25, 0.3) is 5.91 Å². The van der Waals surface area contributed by atoms with Gasteiger partial charge >= 0.3 is 0 Å². The standard InChI is InChI=1S/C19H17N3O4/c1-12-3-8-16(25-12)9-10-18(23)21-14-4-6-15(7-5-14)22-19(24)17-11-20-26-13(17)2/h3-11H,1-2H3,(H,21,23)(H,22,24)/b10-9-. The van der Waals surface area contributed by atoms with Gasteiger partial charge in [0.1, 0.15) is 22.8 Å². The highest BCUT2D eigenvalue weighted by atomic mass is 16.5. The van der Waals surface area contributed by atoms with Gasteiger partial charge in [-0.1, -0.05) is 5.16 Å². The Morgan fingerprint density at radius 1 is 1.00 bits per heavy atom. The molecule has 2 amide bonds. The number of nitrogens with one attached hydrogen (secondary N) is 2. The fourth-order valence-corrected chi connectivity index (χ4v) is 2.24. The molecule has 0 aliphatic heterocycles. The minimum atomic E-state index is -0.308. The number of aryl methyl sites for hydroxylation is 2. The first-order chi connectivity index (χ1) is 12.5. The number of hydrogen-bond acceptors (Lipinski definition) is 5. The Bertz CT molecular complexity index is 951. The van der Waals surface area contributed by atoms with Gasteiger partial charge in [-0.05, 0) is 56.3 Å². The van der Waals surface area contributed by atoms with Crippen LogP contribution in [0.5, 0.6) is 0 Å². The molecule has 2 aromatic heterocycles. The molecular weight excluding hydrogens is 334 g/mol. The highest BCUT2D eigenvalue weighted by Gasteiger charge is 2.12. The number of aromatic nitrogens is 1. The van der Waals surface area contributed by atoms with E-state index in [0.29, 0.717) is 28.5 Å². The summed E-state index contributed by atoms with van der Waals surface area (Å²) in [5, 5.41) is 9.04. The molecule has 0 atom stereocenters. The van der Waals surface area contributed by atoms with Gasteiger partial charge in [0.15, 0.2) is 0 Å². The molecule has 7 heteroatoms. The van der Waals surface area contributed by atoms with Crippen molar-refractivity contribution in [1.29, 1.82) is 0 Å². The summed E-state index contributed by atoms with van der Waals surface area (Å²) in [5.74, 6) is 1.25. The molecule has 0 aliphatic rings. The quantitative estimate of drug-likeness (QED) is 0.682. The molecular formula is C19H17N3O4. The number of carbonyl (C=O) groups is 2. The third-order valence-electron chi connectivity index (χ3n) is 3.57. The van der Waals surface area contributed by atoms with Crippen LogP contribution in [0, 0.1) is 13.8 Å². The number of nitrogens with zero attached hydrogens (tertiary/aromatic N) is 1. The largest absolute Gasteiger partial charge is 0.462 e. The normalized spacial score (nSPS) is 10.8. The maximum Gasteiger partial charge on any atom is 0.260 e. The van der Waals surface area contributed by atoms with Crippen LogP contribution in [0.1, 0.15) is 27.6 Å². The van der Waals surface area contributed by atoms with E-state index in [-0.39, 0.29) is 11.8 Å². The predicted octanol–water partition coefficient (Wildman–Crippen LogP) is 3.79. The van der Waals surface area contributed by atoms with Crippen LogP contribution in [0.15, 0.2) is 57.6 Å². The maximum absolute atomic E-state index is 12.1. The first kappa shape index (κ1) is 17.2. The fourth-order valence-electron chi connectivity index (χ4n) is 2.24. The average molecular weight is 351 g/mol. The monoisotopic (exact) mass is 351 g/mol. The second-order valence-electron chi connectivity index (χ2n) is 5.60. The highest BCUT2D eigenvalue weighted by Crippen LogP contribution is 2.16. The van der Waals surface area contributed by atoms with E-state index in [1.54, 1.807) is 43.3 Å². The molecule has 0 fully saturated rings. The van der Waals surface area contributed by atoms with Crippen molar-refractivity contribution in [2.75, 3.05) is 10.6 Å².